The Balaban J connectivity index is 3.62. The van der Waals surface area contributed by atoms with Gasteiger partial charge in [-0.1, -0.05) is 0 Å². The average Bonchev–Trinajstić information content (AvgIpc) is 2.20. The maximum atomic E-state index is 11.2. The van der Waals surface area contributed by atoms with E-state index >= 15 is 0 Å². The van der Waals surface area contributed by atoms with Crippen LogP contribution in [0.5, 0.6) is 0 Å². The normalized spacial score (nSPS) is 11.9. The smallest absolute Gasteiger partial charge is 0.442 e. The Morgan fingerprint density at radius 2 is 1.80 bits per heavy atom. The lowest BCUT2D eigenvalue weighted by Crippen LogP contribution is -2.37. The van der Waals surface area contributed by atoms with Gasteiger partial charge in [0.05, 0.1) is 0 Å². The van der Waals surface area contributed by atoms with Crippen LogP contribution in [0, 0.1) is 0 Å². The lowest BCUT2D eigenvalue weighted by molar-refractivity contribution is -0.128. The highest BCUT2D eigenvalue weighted by atomic mass is 31.2. The molecule has 0 rings (SSSR count). The monoisotopic (exact) mass is 315 g/mol. The van der Waals surface area contributed by atoms with Gasteiger partial charge < -0.3 is 10.1 Å². The lowest BCUT2D eigenvalue weighted by atomic mass is 10.2. The van der Waals surface area contributed by atoms with Crippen LogP contribution in [0.15, 0.2) is 0 Å². The molecule has 0 aliphatic carbocycles. The van der Waals surface area contributed by atoms with Crippen LogP contribution in [0.3, 0.4) is 0 Å². The first-order valence-electron chi connectivity index (χ1n) is 5.59. The summed E-state index contributed by atoms with van der Waals surface area (Å²) in [4.78, 5) is 52.3. The predicted molar refractivity (Wildman–Crippen MR) is 67.9 cm³/mol. The lowest BCUT2D eigenvalue weighted by Gasteiger charge is -2.19. The Kier molecular flexibility index (Phi) is 7.87. The second kappa shape index (κ2) is 8.30. The molecule has 0 aromatic carbocycles. The van der Waals surface area contributed by atoms with Gasteiger partial charge in [-0.15, -0.1) is 0 Å². The summed E-state index contributed by atoms with van der Waals surface area (Å²) >= 11 is 0. The molecular weight excluding hydrogens is 295 g/mol. The first-order valence-corrected chi connectivity index (χ1v) is 7.15. The van der Waals surface area contributed by atoms with Gasteiger partial charge in [0.15, 0.2) is 6.61 Å². The zero-order valence-electron chi connectivity index (χ0n) is 11.5. The molecular formula is C9H20N2O8P+. The van der Waals surface area contributed by atoms with Gasteiger partial charge in [0.25, 0.3) is 0 Å². The molecule has 0 fully saturated rings. The fraction of sp³-hybridized carbons (Fsp3) is 0.778. The van der Waals surface area contributed by atoms with E-state index < -0.39 is 32.4 Å². The summed E-state index contributed by atoms with van der Waals surface area (Å²) in [6.45, 7) is 4.19. The van der Waals surface area contributed by atoms with Gasteiger partial charge in [-0.25, -0.2) is 4.79 Å². The van der Waals surface area contributed by atoms with E-state index in [2.05, 4.69) is 14.7 Å². The minimum Gasteiger partial charge on any atom is -0.442 e. The highest BCUT2D eigenvalue weighted by Gasteiger charge is 2.32. The maximum Gasteiger partial charge on any atom is 0.567 e. The second-order valence-electron chi connectivity index (χ2n) is 4.59. The minimum atomic E-state index is -4.29. The Bertz CT molecular complexity index is 325. The Morgan fingerprint density at radius 1 is 1.20 bits per heavy atom. The van der Waals surface area contributed by atoms with Crippen molar-refractivity contribution in [1.82, 2.24) is 10.8 Å². The van der Waals surface area contributed by atoms with E-state index in [9.17, 15) is 9.59 Å². The second-order valence-corrected chi connectivity index (χ2v) is 5.87. The van der Waals surface area contributed by atoms with Gasteiger partial charge >= 0.3 is 14.3 Å². The fourth-order valence-electron chi connectivity index (χ4n) is 0.869. The van der Waals surface area contributed by atoms with Crippen molar-refractivity contribution in [2.45, 2.75) is 26.4 Å². The van der Waals surface area contributed by atoms with Crippen molar-refractivity contribution in [3.8, 4) is 0 Å². The molecule has 0 bridgehead atoms. The van der Waals surface area contributed by atoms with Gasteiger partial charge in [0.1, 0.15) is 12.2 Å². The summed E-state index contributed by atoms with van der Waals surface area (Å²) < 4.78 is 9.06. The van der Waals surface area contributed by atoms with Crippen LogP contribution in [-0.4, -0.2) is 52.0 Å². The van der Waals surface area contributed by atoms with E-state index in [1.807, 2.05) is 5.48 Å². The summed E-state index contributed by atoms with van der Waals surface area (Å²) in [5, 5.41) is 2.28. The highest BCUT2D eigenvalue weighted by Crippen LogP contribution is 2.45. The SMILES string of the molecule is CC(C)(C)OC(=O)NOCC(=O)NCCO[P+](O)(O)O. The molecule has 0 saturated heterocycles. The molecule has 5 N–H and O–H groups in total. The zero-order valence-corrected chi connectivity index (χ0v) is 12.3. The van der Waals surface area contributed by atoms with Crippen molar-refractivity contribution < 1.29 is 38.4 Å². The Hall–Kier alpha value is -1.03. The number of rotatable bonds is 7. The first kappa shape index (κ1) is 19.0. The number of ether oxygens (including phenoxy) is 1. The predicted octanol–water partition coefficient (Wildman–Crippen LogP) is -0.770. The van der Waals surface area contributed by atoms with E-state index in [1.165, 1.54) is 0 Å². The molecule has 0 aromatic heterocycles. The van der Waals surface area contributed by atoms with Gasteiger partial charge in [0, 0.05) is 6.54 Å². The number of carbonyl (C=O) groups excluding carboxylic acids is 2. The van der Waals surface area contributed by atoms with Crippen molar-refractivity contribution in [3.63, 3.8) is 0 Å². The van der Waals surface area contributed by atoms with Crippen molar-refractivity contribution in [3.05, 3.63) is 0 Å². The third-order valence-electron chi connectivity index (χ3n) is 1.45. The number of nitrogens with one attached hydrogen (secondary N) is 2. The highest BCUT2D eigenvalue weighted by molar-refractivity contribution is 7.53. The summed E-state index contributed by atoms with van der Waals surface area (Å²) in [6, 6.07) is 0. The van der Waals surface area contributed by atoms with Crippen LogP contribution in [0.25, 0.3) is 0 Å². The first-order chi connectivity index (χ1) is 8.99. The van der Waals surface area contributed by atoms with E-state index in [4.69, 9.17) is 19.4 Å². The number of hydrogen-bond acceptors (Lipinski definition) is 8. The van der Waals surface area contributed by atoms with Crippen LogP contribution in [0.4, 0.5) is 4.79 Å². The molecule has 2 amide bonds. The number of hydrogen-bond donors (Lipinski definition) is 5. The number of amides is 2. The van der Waals surface area contributed by atoms with E-state index in [1.54, 1.807) is 20.8 Å². The van der Waals surface area contributed by atoms with Crippen molar-refractivity contribution in [1.29, 1.82) is 0 Å². The molecule has 11 heteroatoms. The largest absolute Gasteiger partial charge is 0.567 e. The van der Waals surface area contributed by atoms with Crippen LogP contribution < -0.4 is 10.8 Å². The Morgan fingerprint density at radius 3 is 2.30 bits per heavy atom. The van der Waals surface area contributed by atoms with Gasteiger partial charge in [-0.3, -0.25) is 9.63 Å². The number of carbonyl (C=O) groups is 2. The summed E-state index contributed by atoms with van der Waals surface area (Å²) in [5.74, 6) is -0.581. The Labute approximate surface area is 116 Å². The van der Waals surface area contributed by atoms with Crippen LogP contribution in [-0.2, 0) is 18.9 Å². The third kappa shape index (κ3) is 13.4. The van der Waals surface area contributed by atoms with Crippen molar-refractivity contribution in [2.24, 2.45) is 0 Å². The average molecular weight is 315 g/mol. The van der Waals surface area contributed by atoms with Gasteiger partial charge in [0.2, 0.25) is 5.91 Å². The van der Waals surface area contributed by atoms with Crippen LogP contribution in [0.1, 0.15) is 20.8 Å². The van der Waals surface area contributed by atoms with E-state index in [0.29, 0.717) is 0 Å². The molecule has 10 nitrogen and oxygen atoms in total. The minimum absolute atomic E-state index is 0.0714. The standard InChI is InChI=1S/C9H19N2O8P/c1-9(2,3)19-8(13)11-17-6-7(12)10-4-5-18-20(14,15)16/h14-16H,4-6H2,1-3H3,(H-,10,11,12,13)/p+1. The van der Waals surface area contributed by atoms with Crippen molar-refractivity contribution >= 4 is 20.2 Å². The summed E-state index contributed by atoms with van der Waals surface area (Å²) in [6.07, 6.45) is -0.830. The molecule has 118 valence electrons. The van der Waals surface area contributed by atoms with E-state index in [0.717, 1.165) is 0 Å². The molecule has 0 aliphatic rings. The molecule has 0 aromatic rings. The summed E-state index contributed by atoms with van der Waals surface area (Å²) in [7, 11) is -4.29. The molecule has 0 spiro atoms. The van der Waals surface area contributed by atoms with Gasteiger partial charge in [-0.2, -0.15) is 24.7 Å². The zero-order chi connectivity index (χ0) is 15.8. The third-order valence-corrected chi connectivity index (χ3v) is 1.98. The molecule has 0 radical (unpaired) electrons. The maximum absolute atomic E-state index is 11.2. The van der Waals surface area contributed by atoms with E-state index in [-0.39, 0.29) is 13.2 Å². The fourth-order valence-corrected chi connectivity index (χ4v) is 1.21. The molecule has 0 aliphatic heterocycles. The molecule has 0 saturated carbocycles. The molecule has 0 heterocycles. The van der Waals surface area contributed by atoms with Crippen LogP contribution in [0.2, 0.25) is 0 Å². The molecule has 20 heavy (non-hydrogen) atoms. The molecule has 0 atom stereocenters. The topological polar surface area (TPSA) is 147 Å². The number of hydroxylamine groups is 1. The molecule has 0 unspecified atom stereocenters. The summed E-state index contributed by atoms with van der Waals surface area (Å²) in [5.41, 5.74) is 1.24. The van der Waals surface area contributed by atoms with Crippen LogP contribution >= 0.6 is 8.17 Å². The van der Waals surface area contributed by atoms with Crippen molar-refractivity contribution in [2.75, 3.05) is 19.8 Å². The van der Waals surface area contributed by atoms with Gasteiger partial charge in [-0.05, 0) is 20.8 Å². The quantitative estimate of drug-likeness (QED) is 0.234.